The summed E-state index contributed by atoms with van der Waals surface area (Å²) in [5, 5.41) is 0.817. The summed E-state index contributed by atoms with van der Waals surface area (Å²) in [6, 6.07) is 8.10. The van der Waals surface area contributed by atoms with Gasteiger partial charge in [-0.15, -0.1) is 0 Å². The summed E-state index contributed by atoms with van der Waals surface area (Å²) < 4.78 is 0. The molecule has 72 valence electrons. The molecule has 1 aromatic carbocycles. The fraction of sp³-hybridized carbons (Fsp3) is 0.455. The average Bonchev–Trinajstić information content (AvgIpc) is 2.08. The van der Waals surface area contributed by atoms with Gasteiger partial charge in [0.1, 0.15) is 0 Å². The Morgan fingerprint density at radius 2 is 1.92 bits per heavy atom. The van der Waals surface area contributed by atoms with Crippen LogP contribution in [0.2, 0.25) is 5.02 Å². The number of hydrogen-bond donors (Lipinski definition) is 0. The van der Waals surface area contributed by atoms with E-state index in [0.29, 0.717) is 4.83 Å². The molecule has 0 radical (unpaired) electrons. The Labute approximate surface area is 93.4 Å². The molecule has 0 saturated heterocycles. The van der Waals surface area contributed by atoms with Crippen LogP contribution in [0, 0.1) is 0 Å². The molecule has 0 spiro atoms. The Morgan fingerprint density at radius 1 is 1.31 bits per heavy atom. The summed E-state index contributed by atoms with van der Waals surface area (Å²) in [5.74, 6) is 0. The van der Waals surface area contributed by atoms with Crippen LogP contribution < -0.4 is 0 Å². The van der Waals surface area contributed by atoms with Crippen LogP contribution in [0.1, 0.15) is 25.3 Å². The number of alkyl halides is 1. The third-order valence-electron chi connectivity index (χ3n) is 1.98. The van der Waals surface area contributed by atoms with Gasteiger partial charge in [0.05, 0.1) is 0 Å². The lowest BCUT2D eigenvalue weighted by atomic mass is 10.1. The standard InChI is InChI=1S/C11H14BrCl/c1-9(12)3-2-4-10-5-7-11(13)8-6-10/h5-9H,2-4H2,1H3. The molecule has 1 rings (SSSR count). The minimum Gasteiger partial charge on any atom is -0.0894 e. The number of hydrogen-bond acceptors (Lipinski definition) is 0. The van der Waals surface area contributed by atoms with Crippen molar-refractivity contribution >= 4 is 27.5 Å². The van der Waals surface area contributed by atoms with E-state index in [9.17, 15) is 0 Å². The van der Waals surface area contributed by atoms with Crippen LogP contribution in [-0.2, 0) is 6.42 Å². The van der Waals surface area contributed by atoms with E-state index in [-0.39, 0.29) is 0 Å². The third-order valence-corrected chi connectivity index (χ3v) is 2.69. The lowest BCUT2D eigenvalue weighted by Gasteiger charge is -2.03. The lowest BCUT2D eigenvalue weighted by Crippen LogP contribution is -1.92. The molecule has 0 bridgehead atoms. The zero-order valence-electron chi connectivity index (χ0n) is 7.76. The van der Waals surface area contributed by atoms with Crippen molar-refractivity contribution in [1.82, 2.24) is 0 Å². The van der Waals surface area contributed by atoms with E-state index in [1.165, 1.54) is 18.4 Å². The fourth-order valence-electron chi connectivity index (χ4n) is 1.24. The summed E-state index contributed by atoms with van der Waals surface area (Å²) in [6.45, 7) is 2.18. The van der Waals surface area contributed by atoms with E-state index in [1.807, 2.05) is 12.1 Å². The van der Waals surface area contributed by atoms with Gasteiger partial charge in [-0.2, -0.15) is 0 Å². The highest BCUT2D eigenvalue weighted by Gasteiger charge is 1.97. The Bertz CT molecular complexity index is 241. The highest BCUT2D eigenvalue weighted by Crippen LogP contribution is 2.13. The van der Waals surface area contributed by atoms with Gasteiger partial charge in [-0.05, 0) is 37.0 Å². The first-order valence-corrected chi connectivity index (χ1v) is 5.86. The maximum absolute atomic E-state index is 5.79. The monoisotopic (exact) mass is 260 g/mol. The largest absolute Gasteiger partial charge is 0.0894 e. The van der Waals surface area contributed by atoms with Gasteiger partial charge in [0, 0.05) is 9.85 Å². The van der Waals surface area contributed by atoms with Crippen LogP contribution in [0.5, 0.6) is 0 Å². The molecule has 0 aliphatic carbocycles. The Balaban J connectivity index is 2.33. The molecule has 0 nitrogen and oxygen atoms in total. The van der Waals surface area contributed by atoms with Gasteiger partial charge in [0.15, 0.2) is 0 Å². The van der Waals surface area contributed by atoms with E-state index in [4.69, 9.17) is 11.6 Å². The molecule has 1 atom stereocenters. The van der Waals surface area contributed by atoms with Crippen molar-refractivity contribution in [3.8, 4) is 0 Å². The zero-order valence-corrected chi connectivity index (χ0v) is 10.1. The van der Waals surface area contributed by atoms with Gasteiger partial charge >= 0.3 is 0 Å². The summed E-state index contributed by atoms with van der Waals surface area (Å²) in [4.78, 5) is 0.625. The van der Waals surface area contributed by atoms with Crippen LogP contribution in [-0.4, -0.2) is 4.83 Å². The van der Waals surface area contributed by atoms with Gasteiger partial charge < -0.3 is 0 Å². The summed E-state index contributed by atoms with van der Waals surface area (Å²) in [7, 11) is 0. The Kier molecular flexibility index (Phi) is 4.82. The summed E-state index contributed by atoms with van der Waals surface area (Å²) >= 11 is 9.33. The molecular formula is C11H14BrCl. The van der Waals surface area contributed by atoms with Crippen molar-refractivity contribution in [3.05, 3.63) is 34.9 Å². The van der Waals surface area contributed by atoms with Gasteiger partial charge in [0.2, 0.25) is 0 Å². The van der Waals surface area contributed by atoms with Crippen molar-refractivity contribution in [1.29, 1.82) is 0 Å². The van der Waals surface area contributed by atoms with Gasteiger partial charge in [-0.1, -0.05) is 46.6 Å². The molecule has 1 aromatic rings. The molecule has 2 heteroatoms. The second-order valence-corrected chi connectivity index (χ2v) is 5.30. The van der Waals surface area contributed by atoms with Crippen LogP contribution in [0.15, 0.2) is 24.3 Å². The van der Waals surface area contributed by atoms with Gasteiger partial charge in [-0.25, -0.2) is 0 Å². The Morgan fingerprint density at radius 3 is 2.46 bits per heavy atom. The molecule has 0 aliphatic rings. The van der Waals surface area contributed by atoms with Crippen molar-refractivity contribution in [3.63, 3.8) is 0 Å². The first-order chi connectivity index (χ1) is 6.18. The molecule has 0 saturated carbocycles. The second kappa shape index (κ2) is 5.66. The number of rotatable bonds is 4. The van der Waals surface area contributed by atoms with Gasteiger partial charge in [0.25, 0.3) is 0 Å². The molecule has 0 fully saturated rings. The normalized spacial score (nSPS) is 12.8. The van der Waals surface area contributed by atoms with Crippen molar-refractivity contribution < 1.29 is 0 Å². The minimum atomic E-state index is 0.625. The van der Waals surface area contributed by atoms with Crippen molar-refractivity contribution in [2.75, 3.05) is 0 Å². The summed E-state index contributed by atoms with van der Waals surface area (Å²) in [6.07, 6.45) is 3.60. The Hall–Kier alpha value is -0.0100. The molecule has 0 aliphatic heterocycles. The van der Waals surface area contributed by atoms with E-state index in [0.717, 1.165) is 11.4 Å². The number of benzene rings is 1. The zero-order chi connectivity index (χ0) is 9.68. The van der Waals surface area contributed by atoms with Gasteiger partial charge in [-0.3, -0.25) is 0 Å². The van der Waals surface area contributed by atoms with Crippen LogP contribution in [0.3, 0.4) is 0 Å². The topological polar surface area (TPSA) is 0 Å². The van der Waals surface area contributed by atoms with E-state index in [2.05, 4.69) is 35.0 Å². The van der Waals surface area contributed by atoms with E-state index < -0.39 is 0 Å². The number of halogens is 2. The molecule has 0 heterocycles. The third kappa shape index (κ3) is 4.68. The first-order valence-electron chi connectivity index (χ1n) is 4.57. The van der Waals surface area contributed by atoms with Crippen LogP contribution in [0.25, 0.3) is 0 Å². The van der Waals surface area contributed by atoms with Crippen molar-refractivity contribution in [2.24, 2.45) is 0 Å². The smallest absolute Gasteiger partial charge is 0.0406 e. The predicted octanol–water partition coefficient (Wildman–Crippen LogP) is 4.45. The quantitative estimate of drug-likeness (QED) is 0.703. The van der Waals surface area contributed by atoms with Crippen LogP contribution in [0.4, 0.5) is 0 Å². The molecule has 0 aromatic heterocycles. The second-order valence-electron chi connectivity index (χ2n) is 3.30. The molecule has 0 N–H and O–H groups in total. The highest BCUT2D eigenvalue weighted by atomic mass is 79.9. The van der Waals surface area contributed by atoms with Crippen LogP contribution >= 0.6 is 27.5 Å². The fourth-order valence-corrected chi connectivity index (χ4v) is 1.69. The van der Waals surface area contributed by atoms with E-state index >= 15 is 0 Å². The maximum Gasteiger partial charge on any atom is 0.0406 e. The first kappa shape index (κ1) is 11.1. The van der Waals surface area contributed by atoms with Crippen molar-refractivity contribution in [2.45, 2.75) is 31.0 Å². The number of aryl methyl sites for hydroxylation is 1. The molecule has 13 heavy (non-hydrogen) atoms. The molecular weight excluding hydrogens is 247 g/mol. The molecule has 0 amide bonds. The summed E-state index contributed by atoms with van der Waals surface area (Å²) in [5.41, 5.74) is 1.37. The lowest BCUT2D eigenvalue weighted by molar-refractivity contribution is 0.736. The molecule has 1 unspecified atom stereocenters. The highest BCUT2D eigenvalue weighted by molar-refractivity contribution is 9.09. The SMILES string of the molecule is CC(Br)CCCc1ccc(Cl)cc1. The van der Waals surface area contributed by atoms with E-state index in [1.54, 1.807) is 0 Å². The predicted molar refractivity (Wildman–Crippen MR) is 62.8 cm³/mol. The minimum absolute atomic E-state index is 0.625. The average molecular weight is 262 g/mol. The maximum atomic E-state index is 5.79.